The van der Waals surface area contributed by atoms with Crippen molar-refractivity contribution in [3.8, 4) is 0 Å². The molecule has 0 aliphatic rings. The molecule has 0 bridgehead atoms. The Kier molecular flexibility index (Phi) is 8.99. The van der Waals surface area contributed by atoms with Crippen LogP contribution < -0.4 is 0 Å². The van der Waals surface area contributed by atoms with Gasteiger partial charge in [0.2, 0.25) is 0 Å². The first-order chi connectivity index (χ1) is 7.83. The van der Waals surface area contributed by atoms with Gasteiger partial charge in [-0.05, 0) is 0 Å². The van der Waals surface area contributed by atoms with E-state index in [0.29, 0.717) is 0 Å². The van der Waals surface area contributed by atoms with Gasteiger partial charge in [-0.25, -0.2) is 18.2 Å². The first-order valence-corrected chi connectivity index (χ1v) is 6.26. The van der Waals surface area contributed by atoms with Gasteiger partial charge in [-0.2, -0.15) is 41.0 Å². The van der Waals surface area contributed by atoms with Crippen molar-refractivity contribution in [2.45, 2.75) is 40.0 Å². The summed E-state index contributed by atoms with van der Waals surface area (Å²) in [5.41, 5.74) is 4.68. The molecule has 0 spiro atoms. The Hall–Kier alpha value is -0.677. The van der Waals surface area contributed by atoms with Crippen LogP contribution in [0.5, 0.6) is 0 Å². The smallest absolute Gasteiger partial charge is 0.214 e. The molecule has 0 nitrogen and oxygen atoms in total. The molecule has 0 unspecified atom stereocenters. The Morgan fingerprint density at radius 1 is 1.06 bits per heavy atom. The normalized spacial score (nSPS) is 9.12. The fourth-order valence-corrected chi connectivity index (χ4v) is 2.05. The molecule has 2 aromatic rings. The molecular weight excluding hydrogens is 293 g/mol. The summed E-state index contributed by atoms with van der Waals surface area (Å²) in [7, 11) is 0. The van der Waals surface area contributed by atoms with Gasteiger partial charge in [-0.1, -0.05) is 40.0 Å². The topological polar surface area (TPSA) is 0 Å². The number of hydrogen-bond donors (Lipinski definition) is 0. The van der Waals surface area contributed by atoms with Crippen molar-refractivity contribution in [2.24, 2.45) is 0 Å². The average Bonchev–Trinajstić information content (AvgIpc) is 3.00. The third-order valence-electron chi connectivity index (χ3n) is 2.93. The third-order valence-corrected chi connectivity index (χ3v) is 2.93. The van der Waals surface area contributed by atoms with Crippen molar-refractivity contribution >= 4 is 0 Å². The van der Waals surface area contributed by atoms with Gasteiger partial charge >= 0.3 is 19.5 Å². The first kappa shape index (κ1) is 16.3. The zero-order valence-electron chi connectivity index (χ0n) is 11.0. The van der Waals surface area contributed by atoms with E-state index in [0.717, 1.165) is 0 Å². The van der Waals surface area contributed by atoms with Gasteiger partial charge in [0.15, 0.2) is 0 Å². The molecule has 94 valence electrons. The molecule has 0 saturated carbocycles. The summed E-state index contributed by atoms with van der Waals surface area (Å²) in [4.78, 5) is 0. The molecule has 17 heavy (non-hydrogen) atoms. The van der Waals surface area contributed by atoms with Gasteiger partial charge in [0, 0.05) is 0 Å². The second kappa shape index (κ2) is 9.36. The van der Waals surface area contributed by atoms with Crippen molar-refractivity contribution in [2.75, 3.05) is 0 Å². The molecule has 0 N–H and O–H groups in total. The fraction of sp³-hybridized carbons (Fsp3) is 0.375. The molecule has 2 rings (SSSR count). The molecule has 0 aliphatic heterocycles. The van der Waals surface area contributed by atoms with Crippen molar-refractivity contribution in [1.29, 1.82) is 0 Å². The Labute approximate surface area is 119 Å². The molecule has 0 atom stereocenters. The minimum Gasteiger partial charge on any atom is -0.214 e. The van der Waals surface area contributed by atoms with Crippen molar-refractivity contribution in [1.82, 2.24) is 0 Å². The summed E-state index contributed by atoms with van der Waals surface area (Å²) >= 11 is 0. The minimum atomic E-state index is 0. The second-order valence-corrected chi connectivity index (χ2v) is 3.89. The standard InChI is InChI=1S/C11H17.C5H5.Ru/c1-4-9-7-8-10(5-2)11(9)6-3;1-2-4-5-3-1;/h7-8H,4-6H2,1-3H3;1-5H;/q2*-1;+2. The van der Waals surface area contributed by atoms with Gasteiger partial charge in [-0.15, -0.1) is 0 Å². The third kappa shape index (κ3) is 5.00. The predicted molar refractivity (Wildman–Crippen MR) is 72.2 cm³/mol. The van der Waals surface area contributed by atoms with Crippen LogP contribution in [0.1, 0.15) is 37.5 Å². The van der Waals surface area contributed by atoms with Crippen LogP contribution >= 0.6 is 0 Å². The summed E-state index contributed by atoms with van der Waals surface area (Å²) in [5.74, 6) is 0. The summed E-state index contributed by atoms with van der Waals surface area (Å²) in [6.45, 7) is 6.70. The van der Waals surface area contributed by atoms with E-state index in [2.05, 4.69) is 32.9 Å². The van der Waals surface area contributed by atoms with Crippen LogP contribution in [0.3, 0.4) is 0 Å². The van der Waals surface area contributed by atoms with Crippen LogP contribution in [0.2, 0.25) is 0 Å². The maximum Gasteiger partial charge on any atom is 2.00 e. The van der Waals surface area contributed by atoms with E-state index in [1.54, 1.807) is 16.7 Å². The number of aryl methyl sites for hydroxylation is 2. The van der Waals surface area contributed by atoms with Gasteiger partial charge in [-0.3, -0.25) is 0 Å². The first-order valence-electron chi connectivity index (χ1n) is 6.26. The van der Waals surface area contributed by atoms with E-state index in [4.69, 9.17) is 0 Å². The molecule has 0 aliphatic carbocycles. The van der Waals surface area contributed by atoms with Crippen LogP contribution in [0.15, 0.2) is 42.5 Å². The van der Waals surface area contributed by atoms with E-state index in [-0.39, 0.29) is 19.5 Å². The monoisotopic (exact) mass is 316 g/mol. The molecule has 2 aromatic carbocycles. The Bertz CT molecular complexity index is 329. The maximum absolute atomic E-state index is 2.28. The van der Waals surface area contributed by atoms with Crippen LogP contribution in [0, 0.1) is 0 Å². The predicted octanol–water partition coefficient (Wildman–Crippen LogP) is 4.50. The number of rotatable bonds is 3. The van der Waals surface area contributed by atoms with Crippen molar-refractivity contribution in [3.63, 3.8) is 0 Å². The van der Waals surface area contributed by atoms with Crippen LogP contribution in [0.25, 0.3) is 0 Å². The Morgan fingerprint density at radius 2 is 1.71 bits per heavy atom. The van der Waals surface area contributed by atoms with E-state index in [1.165, 1.54) is 19.3 Å². The molecule has 0 saturated heterocycles. The minimum absolute atomic E-state index is 0. The van der Waals surface area contributed by atoms with Gasteiger partial charge < -0.3 is 0 Å². The molecule has 0 aromatic heterocycles. The summed E-state index contributed by atoms with van der Waals surface area (Å²) in [6.07, 6.45) is 3.56. The summed E-state index contributed by atoms with van der Waals surface area (Å²) in [6, 6.07) is 14.6. The second-order valence-electron chi connectivity index (χ2n) is 3.89. The quantitative estimate of drug-likeness (QED) is 0.578. The zero-order chi connectivity index (χ0) is 11.8. The van der Waals surface area contributed by atoms with E-state index in [9.17, 15) is 0 Å². The van der Waals surface area contributed by atoms with Crippen LogP contribution in [0.4, 0.5) is 0 Å². The van der Waals surface area contributed by atoms with Crippen LogP contribution in [-0.2, 0) is 38.7 Å². The zero-order valence-corrected chi connectivity index (χ0v) is 12.8. The summed E-state index contributed by atoms with van der Waals surface area (Å²) in [5, 5.41) is 0. The molecular formula is C16H22Ru. The van der Waals surface area contributed by atoms with Crippen LogP contribution in [-0.4, -0.2) is 0 Å². The SMILES string of the molecule is CCc1cc[c-](CC)c1CC.[Ru+2].c1cc[cH-]c1. The largest absolute Gasteiger partial charge is 2.00 e. The number of hydrogen-bond acceptors (Lipinski definition) is 0. The Balaban J connectivity index is 0.000000360. The fourth-order valence-electron chi connectivity index (χ4n) is 2.05. The molecule has 0 radical (unpaired) electrons. The maximum atomic E-state index is 2.28. The van der Waals surface area contributed by atoms with Gasteiger partial charge in [0.1, 0.15) is 0 Å². The molecule has 1 heteroatoms. The van der Waals surface area contributed by atoms with Crippen molar-refractivity contribution in [3.05, 3.63) is 59.2 Å². The molecule has 0 heterocycles. The van der Waals surface area contributed by atoms with E-state index >= 15 is 0 Å². The van der Waals surface area contributed by atoms with Crippen molar-refractivity contribution < 1.29 is 19.5 Å². The van der Waals surface area contributed by atoms with E-state index < -0.39 is 0 Å². The van der Waals surface area contributed by atoms with Gasteiger partial charge in [0.25, 0.3) is 0 Å². The Morgan fingerprint density at radius 3 is 2.06 bits per heavy atom. The van der Waals surface area contributed by atoms with E-state index in [1.807, 2.05) is 30.3 Å². The average molecular weight is 315 g/mol. The summed E-state index contributed by atoms with van der Waals surface area (Å²) < 4.78 is 0. The molecule has 0 amide bonds. The molecule has 0 fully saturated rings. The van der Waals surface area contributed by atoms with Gasteiger partial charge in [0.05, 0.1) is 0 Å².